The predicted molar refractivity (Wildman–Crippen MR) is 112 cm³/mol. The first-order chi connectivity index (χ1) is 14.0. The summed E-state index contributed by atoms with van der Waals surface area (Å²) in [5.41, 5.74) is 1.01. The monoisotopic (exact) mass is 411 g/mol. The number of carbonyl (C=O) groups is 1. The molecule has 0 aliphatic carbocycles. The summed E-state index contributed by atoms with van der Waals surface area (Å²) in [5.74, 6) is 6.13. The highest BCUT2D eigenvalue weighted by Gasteiger charge is 2.25. The molecule has 0 radical (unpaired) electrons. The van der Waals surface area contributed by atoms with Crippen LogP contribution in [0.4, 0.5) is 5.69 Å². The predicted octanol–water partition coefficient (Wildman–Crippen LogP) is 2.53. The van der Waals surface area contributed by atoms with Gasteiger partial charge in [-0.25, -0.2) is 0 Å². The zero-order valence-electron chi connectivity index (χ0n) is 16.0. The van der Waals surface area contributed by atoms with Crippen LogP contribution in [0.2, 0.25) is 0 Å². The number of hydrogen-bond donors (Lipinski definition) is 2. The number of amides is 1. The van der Waals surface area contributed by atoms with E-state index in [0.29, 0.717) is 18.0 Å². The Kier molecular flexibility index (Phi) is 6.50. The topological polar surface area (TPSA) is 112 Å². The Morgan fingerprint density at radius 2 is 1.86 bits per heavy atom. The molecule has 3 aromatic rings. The van der Waals surface area contributed by atoms with Crippen molar-refractivity contribution in [1.82, 2.24) is 14.9 Å². The summed E-state index contributed by atoms with van der Waals surface area (Å²) in [6, 6.07) is 16.4. The molecule has 0 fully saturated rings. The average molecular weight is 411 g/mol. The van der Waals surface area contributed by atoms with E-state index in [1.807, 2.05) is 49.4 Å². The molecule has 0 aliphatic heterocycles. The van der Waals surface area contributed by atoms with Gasteiger partial charge in [-0.15, -0.1) is 10.2 Å². The average Bonchev–Trinajstić information content (AvgIpc) is 2.74. The lowest BCUT2D eigenvalue weighted by atomic mass is 10.1. The summed E-state index contributed by atoms with van der Waals surface area (Å²) in [6.07, 6.45) is 0. The molecule has 0 spiro atoms. The van der Waals surface area contributed by atoms with Crippen LogP contribution in [-0.2, 0) is 4.79 Å². The second-order valence-electron chi connectivity index (χ2n) is 6.07. The molecule has 1 aromatic heterocycles. The number of nitrogens with two attached hydrogens (primary N) is 1. The second-order valence-corrected chi connectivity index (χ2v) is 7.14. The minimum atomic E-state index is -0.711. The third-order valence-corrected chi connectivity index (χ3v) is 5.24. The molecule has 29 heavy (non-hydrogen) atoms. The van der Waals surface area contributed by atoms with Crippen molar-refractivity contribution in [2.45, 2.75) is 24.3 Å². The lowest BCUT2D eigenvalue weighted by molar-refractivity contribution is -0.115. The summed E-state index contributed by atoms with van der Waals surface area (Å²) < 4.78 is 6.49. The molecule has 0 aliphatic rings. The lowest BCUT2D eigenvalue weighted by Gasteiger charge is -2.18. The molecule has 1 heterocycles. The molecule has 0 bridgehead atoms. The molecular weight excluding hydrogens is 390 g/mol. The number of aromatic nitrogens is 3. The van der Waals surface area contributed by atoms with Crippen LogP contribution >= 0.6 is 11.8 Å². The Morgan fingerprint density at radius 3 is 2.59 bits per heavy atom. The minimum absolute atomic E-state index is 0.141. The molecule has 8 nitrogen and oxygen atoms in total. The standard InChI is InChI=1S/C20H21N5O3S/c1-3-28-16-12-8-7-11-15(16)22-18(26)17(14-9-5-4-6-10-14)29-20-24-23-13(2)19(27)25(20)21/h4-12,17H,3,21H2,1-2H3,(H,22,26)/t17-/m1/s1. The highest BCUT2D eigenvalue weighted by atomic mass is 32.2. The van der Waals surface area contributed by atoms with Crippen LogP contribution in [-0.4, -0.2) is 27.4 Å². The maximum atomic E-state index is 13.2. The zero-order chi connectivity index (χ0) is 20.8. The number of carbonyl (C=O) groups excluding carboxylic acids is 1. The number of aryl methyl sites for hydroxylation is 1. The summed E-state index contributed by atoms with van der Waals surface area (Å²) in [7, 11) is 0. The van der Waals surface area contributed by atoms with Crippen molar-refractivity contribution in [3.8, 4) is 5.75 Å². The third-order valence-electron chi connectivity index (χ3n) is 4.03. The number of nitrogen functional groups attached to an aromatic ring is 1. The number of thioether (sulfide) groups is 1. The van der Waals surface area contributed by atoms with E-state index in [1.54, 1.807) is 12.1 Å². The van der Waals surface area contributed by atoms with Gasteiger partial charge in [-0.2, -0.15) is 4.68 Å². The molecule has 0 saturated carbocycles. The van der Waals surface area contributed by atoms with Gasteiger partial charge in [0.2, 0.25) is 11.1 Å². The van der Waals surface area contributed by atoms with E-state index in [9.17, 15) is 9.59 Å². The Bertz CT molecular complexity index is 1060. The largest absolute Gasteiger partial charge is 0.492 e. The van der Waals surface area contributed by atoms with Crippen LogP contribution in [0.1, 0.15) is 23.4 Å². The lowest BCUT2D eigenvalue weighted by Crippen LogP contribution is -2.33. The third kappa shape index (κ3) is 4.75. The normalized spacial score (nSPS) is 11.7. The smallest absolute Gasteiger partial charge is 0.294 e. The van der Waals surface area contributed by atoms with Crippen molar-refractivity contribution in [2.24, 2.45) is 0 Å². The Hall–Kier alpha value is -3.33. The van der Waals surface area contributed by atoms with Gasteiger partial charge in [0.25, 0.3) is 5.56 Å². The number of benzene rings is 2. The molecule has 1 atom stereocenters. The molecule has 2 aromatic carbocycles. The zero-order valence-corrected chi connectivity index (χ0v) is 16.8. The van der Waals surface area contributed by atoms with E-state index in [0.717, 1.165) is 22.0 Å². The Balaban J connectivity index is 1.94. The number of nitrogens with zero attached hydrogens (tertiary/aromatic N) is 3. The molecule has 0 unspecified atom stereocenters. The SMILES string of the molecule is CCOc1ccccc1NC(=O)[C@H](Sc1nnc(C)c(=O)n1N)c1ccccc1. The summed E-state index contributed by atoms with van der Waals surface area (Å²) in [6.45, 7) is 3.87. The van der Waals surface area contributed by atoms with Gasteiger partial charge in [0, 0.05) is 0 Å². The Labute approximate surface area is 172 Å². The van der Waals surface area contributed by atoms with Gasteiger partial charge in [0.15, 0.2) is 0 Å². The van der Waals surface area contributed by atoms with Gasteiger partial charge in [0.05, 0.1) is 12.3 Å². The van der Waals surface area contributed by atoms with Crippen LogP contribution in [0.5, 0.6) is 5.75 Å². The van der Waals surface area contributed by atoms with Gasteiger partial charge in [-0.3, -0.25) is 9.59 Å². The Morgan fingerprint density at radius 1 is 1.17 bits per heavy atom. The van der Waals surface area contributed by atoms with E-state index < -0.39 is 10.8 Å². The number of hydrogen-bond acceptors (Lipinski definition) is 7. The quantitative estimate of drug-likeness (QED) is 0.454. The minimum Gasteiger partial charge on any atom is -0.492 e. The van der Waals surface area contributed by atoms with E-state index in [4.69, 9.17) is 10.6 Å². The van der Waals surface area contributed by atoms with Crippen molar-refractivity contribution in [2.75, 3.05) is 17.8 Å². The first-order valence-electron chi connectivity index (χ1n) is 8.97. The molecule has 3 rings (SSSR count). The maximum Gasteiger partial charge on any atom is 0.294 e. The fraction of sp³-hybridized carbons (Fsp3) is 0.200. The van der Waals surface area contributed by atoms with Crippen molar-refractivity contribution >= 4 is 23.4 Å². The maximum absolute atomic E-state index is 13.2. The first-order valence-corrected chi connectivity index (χ1v) is 9.85. The van der Waals surface area contributed by atoms with E-state index in [-0.39, 0.29) is 16.8 Å². The first kappa shape index (κ1) is 20.4. The van der Waals surface area contributed by atoms with Crippen molar-refractivity contribution in [3.63, 3.8) is 0 Å². The number of nitrogens with one attached hydrogen (secondary N) is 1. The van der Waals surface area contributed by atoms with Crippen LogP contribution in [0, 0.1) is 6.92 Å². The van der Waals surface area contributed by atoms with Gasteiger partial charge in [0.1, 0.15) is 16.7 Å². The molecule has 0 saturated heterocycles. The number of anilines is 1. The second kappa shape index (κ2) is 9.24. The number of rotatable bonds is 7. The van der Waals surface area contributed by atoms with E-state index >= 15 is 0 Å². The van der Waals surface area contributed by atoms with Crippen molar-refractivity contribution in [1.29, 1.82) is 0 Å². The molecule has 3 N–H and O–H groups in total. The van der Waals surface area contributed by atoms with Crippen LogP contribution in [0.15, 0.2) is 64.5 Å². The molecule has 9 heteroatoms. The van der Waals surface area contributed by atoms with Crippen LogP contribution < -0.4 is 21.5 Å². The van der Waals surface area contributed by atoms with Gasteiger partial charge < -0.3 is 15.9 Å². The van der Waals surface area contributed by atoms with Crippen LogP contribution in [0.3, 0.4) is 0 Å². The molecule has 150 valence electrons. The fourth-order valence-corrected chi connectivity index (χ4v) is 3.56. The van der Waals surface area contributed by atoms with Gasteiger partial charge in [-0.1, -0.05) is 54.2 Å². The summed E-state index contributed by atoms with van der Waals surface area (Å²) in [5, 5.41) is 10.1. The highest BCUT2D eigenvalue weighted by Crippen LogP contribution is 2.35. The van der Waals surface area contributed by atoms with Crippen LogP contribution in [0.25, 0.3) is 0 Å². The summed E-state index contributed by atoms with van der Waals surface area (Å²) in [4.78, 5) is 25.3. The molecular formula is C20H21N5O3S. The fourth-order valence-electron chi connectivity index (χ4n) is 2.61. The van der Waals surface area contributed by atoms with E-state index in [2.05, 4.69) is 15.5 Å². The van der Waals surface area contributed by atoms with Gasteiger partial charge in [-0.05, 0) is 31.5 Å². The highest BCUT2D eigenvalue weighted by molar-refractivity contribution is 8.00. The van der Waals surface area contributed by atoms with E-state index in [1.165, 1.54) is 6.92 Å². The number of ether oxygens (including phenoxy) is 1. The van der Waals surface area contributed by atoms with Crippen molar-refractivity contribution < 1.29 is 9.53 Å². The van der Waals surface area contributed by atoms with Crippen molar-refractivity contribution in [3.05, 3.63) is 76.2 Å². The van der Waals surface area contributed by atoms with Gasteiger partial charge >= 0.3 is 0 Å². The summed E-state index contributed by atoms with van der Waals surface area (Å²) >= 11 is 1.05. The number of para-hydroxylation sites is 2. The molecule has 1 amide bonds.